The number of rotatable bonds is 7. The van der Waals surface area contributed by atoms with Crippen LogP contribution < -0.4 is 10.6 Å². The highest BCUT2D eigenvalue weighted by Crippen LogP contribution is 2.29. The van der Waals surface area contributed by atoms with E-state index >= 15 is 0 Å². The van der Waals surface area contributed by atoms with E-state index < -0.39 is 41.9 Å². The molecule has 2 fully saturated rings. The number of fused-ring (bicyclic) bond motifs is 1. The fourth-order valence-corrected chi connectivity index (χ4v) is 4.97. The summed E-state index contributed by atoms with van der Waals surface area (Å²) in [5.41, 5.74) is 2.09. The van der Waals surface area contributed by atoms with Gasteiger partial charge in [0, 0.05) is 30.0 Å². The van der Waals surface area contributed by atoms with E-state index in [1.807, 2.05) is 19.1 Å². The van der Waals surface area contributed by atoms with Gasteiger partial charge < -0.3 is 14.9 Å². The molecule has 12 heteroatoms. The molecule has 40 heavy (non-hydrogen) atoms. The van der Waals surface area contributed by atoms with Gasteiger partial charge in [0.25, 0.3) is 17.7 Å². The first-order valence-electron chi connectivity index (χ1n) is 13.0. The maximum atomic E-state index is 13.3. The highest BCUT2D eigenvalue weighted by molar-refractivity contribution is 6.43. The van der Waals surface area contributed by atoms with E-state index in [1.54, 1.807) is 6.07 Å². The first kappa shape index (κ1) is 27.5. The normalized spacial score (nSPS) is 21.2. The van der Waals surface area contributed by atoms with Gasteiger partial charge in [-0.2, -0.15) is 0 Å². The van der Waals surface area contributed by atoms with Crippen molar-refractivity contribution in [1.82, 2.24) is 10.2 Å². The van der Waals surface area contributed by atoms with Crippen LogP contribution in [0, 0.1) is 6.92 Å². The number of piperidine rings is 1. The Labute approximate surface area is 234 Å². The molecule has 0 aliphatic carbocycles. The van der Waals surface area contributed by atoms with E-state index in [-0.39, 0.29) is 41.8 Å². The first-order chi connectivity index (χ1) is 19.2. The summed E-state index contributed by atoms with van der Waals surface area (Å²) >= 11 is 6.27. The summed E-state index contributed by atoms with van der Waals surface area (Å²) in [7, 11) is 0. The number of hydrogen-bond acceptors (Lipinski definition) is 8. The molecule has 5 amide bonds. The summed E-state index contributed by atoms with van der Waals surface area (Å²) in [5, 5.41) is 9.55. The summed E-state index contributed by atoms with van der Waals surface area (Å²) in [6.45, 7) is 2.42. The van der Waals surface area contributed by atoms with Crippen molar-refractivity contribution in [1.29, 1.82) is 0 Å². The number of anilines is 1. The molecule has 3 heterocycles. The van der Waals surface area contributed by atoms with Gasteiger partial charge in [-0.05, 0) is 61.6 Å². The number of nitrogens with zero attached hydrogens (tertiary/aromatic N) is 2. The van der Waals surface area contributed by atoms with Crippen molar-refractivity contribution in [2.45, 2.75) is 57.8 Å². The molecule has 2 unspecified atom stereocenters. The van der Waals surface area contributed by atoms with Crippen LogP contribution in [-0.4, -0.2) is 59.1 Å². The predicted molar refractivity (Wildman–Crippen MR) is 144 cm³/mol. The average molecular weight is 567 g/mol. The van der Waals surface area contributed by atoms with Crippen LogP contribution in [0.4, 0.5) is 5.69 Å². The maximum Gasteiger partial charge on any atom is 0.273 e. The van der Waals surface area contributed by atoms with E-state index in [4.69, 9.17) is 21.2 Å². The summed E-state index contributed by atoms with van der Waals surface area (Å²) in [6.07, 6.45) is 2.14. The molecule has 2 aromatic rings. The highest BCUT2D eigenvalue weighted by atomic mass is 35.5. The SMILES string of the molecule is Cc1ccc(C/C(=N\OC2CCCCO2)C(=O)Nc2ccc3c(c2)C(=O)N(C2CCC(=O)NC2=O)C3=O)cc1Cl. The van der Waals surface area contributed by atoms with Gasteiger partial charge in [-0.15, -0.1) is 0 Å². The molecule has 0 saturated carbocycles. The Morgan fingerprint density at radius 2 is 1.90 bits per heavy atom. The van der Waals surface area contributed by atoms with Crippen LogP contribution in [0.15, 0.2) is 41.6 Å². The van der Waals surface area contributed by atoms with Crippen molar-refractivity contribution < 1.29 is 33.5 Å². The smallest absolute Gasteiger partial charge is 0.273 e. The Kier molecular flexibility index (Phi) is 7.95. The summed E-state index contributed by atoms with van der Waals surface area (Å²) in [5.74, 6) is -3.03. The largest absolute Gasteiger partial charge is 0.363 e. The highest BCUT2D eigenvalue weighted by Gasteiger charge is 2.44. The number of aryl methyl sites for hydroxylation is 1. The average Bonchev–Trinajstić information content (AvgIpc) is 3.18. The minimum absolute atomic E-state index is 0.0212. The third-order valence-corrected chi connectivity index (χ3v) is 7.39. The van der Waals surface area contributed by atoms with Gasteiger partial charge in [-0.25, -0.2) is 0 Å². The van der Waals surface area contributed by atoms with Crippen LogP contribution in [0.2, 0.25) is 5.02 Å². The summed E-state index contributed by atoms with van der Waals surface area (Å²) in [6, 6.07) is 8.63. The van der Waals surface area contributed by atoms with E-state index in [2.05, 4.69) is 15.8 Å². The Bertz CT molecular complexity index is 1430. The maximum absolute atomic E-state index is 13.3. The Morgan fingerprint density at radius 1 is 1.10 bits per heavy atom. The monoisotopic (exact) mass is 566 g/mol. The van der Waals surface area contributed by atoms with Crippen molar-refractivity contribution in [2.75, 3.05) is 11.9 Å². The van der Waals surface area contributed by atoms with E-state index in [1.165, 1.54) is 18.2 Å². The minimum Gasteiger partial charge on any atom is -0.363 e. The zero-order chi connectivity index (χ0) is 28.4. The van der Waals surface area contributed by atoms with Crippen LogP contribution in [0.25, 0.3) is 0 Å². The Hall–Kier alpha value is -4.09. The molecule has 208 valence electrons. The molecule has 2 aromatic carbocycles. The van der Waals surface area contributed by atoms with Crippen LogP contribution in [0.1, 0.15) is 63.9 Å². The second kappa shape index (κ2) is 11.6. The number of benzene rings is 2. The lowest BCUT2D eigenvalue weighted by Gasteiger charge is -2.27. The van der Waals surface area contributed by atoms with E-state index in [0.717, 1.165) is 28.9 Å². The lowest BCUT2D eigenvalue weighted by Crippen LogP contribution is -2.54. The summed E-state index contributed by atoms with van der Waals surface area (Å²) < 4.78 is 5.55. The van der Waals surface area contributed by atoms with E-state index in [9.17, 15) is 24.0 Å². The number of carbonyl (C=O) groups is 5. The summed E-state index contributed by atoms with van der Waals surface area (Å²) in [4.78, 5) is 69.7. The second-order valence-corrected chi connectivity index (χ2v) is 10.3. The number of hydrogen-bond donors (Lipinski definition) is 2. The number of amides is 5. The van der Waals surface area contributed by atoms with E-state index in [0.29, 0.717) is 18.1 Å². The molecule has 0 aromatic heterocycles. The molecule has 3 aliphatic heterocycles. The van der Waals surface area contributed by atoms with Crippen molar-refractivity contribution >= 4 is 52.5 Å². The van der Waals surface area contributed by atoms with Crippen molar-refractivity contribution in [3.05, 3.63) is 63.7 Å². The van der Waals surface area contributed by atoms with Gasteiger partial charge in [0.15, 0.2) is 0 Å². The van der Waals surface area contributed by atoms with Crippen LogP contribution in [-0.2, 0) is 30.4 Å². The Morgan fingerprint density at radius 3 is 2.62 bits per heavy atom. The molecule has 0 spiro atoms. The number of halogens is 1. The fourth-order valence-electron chi connectivity index (χ4n) is 4.76. The minimum atomic E-state index is -1.08. The third-order valence-electron chi connectivity index (χ3n) is 6.99. The molecular weight excluding hydrogens is 540 g/mol. The van der Waals surface area contributed by atoms with Gasteiger partial charge in [0.05, 0.1) is 17.7 Å². The molecule has 2 atom stereocenters. The lowest BCUT2D eigenvalue weighted by molar-refractivity contribution is -0.162. The first-order valence-corrected chi connectivity index (χ1v) is 13.4. The number of nitrogens with one attached hydrogen (secondary N) is 2. The van der Waals surface area contributed by atoms with Gasteiger partial charge in [-0.3, -0.25) is 34.2 Å². The van der Waals surface area contributed by atoms with Crippen LogP contribution >= 0.6 is 11.6 Å². The second-order valence-electron chi connectivity index (χ2n) is 9.86. The number of ether oxygens (including phenoxy) is 1. The van der Waals surface area contributed by atoms with Gasteiger partial charge in [0.1, 0.15) is 11.8 Å². The molecule has 0 radical (unpaired) electrons. The molecule has 2 saturated heterocycles. The van der Waals surface area contributed by atoms with Crippen LogP contribution in [0.5, 0.6) is 0 Å². The molecular formula is C28H27ClN4O7. The zero-order valence-corrected chi connectivity index (χ0v) is 22.5. The van der Waals surface area contributed by atoms with Gasteiger partial charge >= 0.3 is 0 Å². The third kappa shape index (κ3) is 5.75. The van der Waals surface area contributed by atoms with Crippen molar-refractivity contribution in [3.8, 4) is 0 Å². The lowest BCUT2D eigenvalue weighted by atomic mass is 10.0. The molecule has 11 nitrogen and oxygen atoms in total. The van der Waals surface area contributed by atoms with Gasteiger partial charge in [-0.1, -0.05) is 28.9 Å². The zero-order valence-electron chi connectivity index (χ0n) is 21.7. The van der Waals surface area contributed by atoms with Crippen molar-refractivity contribution in [2.24, 2.45) is 5.16 Å². The Balaban J connectivity index is 1.35. The molecule has 0 bridgehead atoms. The predicted octanol–water partition coefficient (Wildman–Crippen LogP) is 3.13. The van der Waals surface area contributed by atoms with Crippen molar-refractivity contribution in [3.63, 3.8) is 0 Å². The molecule has 2 N–H and O–H groups in total. The number of imide groups is 2. The molecule has 5 rings (SSSR count). The quantitative estimate of drug-likeness (QED) is 0.298. The fraction of sp³-hybridized carbons (Fsp3) is 0.357. The standard InChI is InChI=1S/C28H27ClN4O7/c1-15-5-6-16(12-20(15)29)13-21(32-40-24-4-2-3-11-39-24)25(35)30-17-7-8-18-19(14-17)28(38)33(27(18)37)22-9-10-23(34)31-26(22)36/h5-8,12,14,22,24H,2-4,9-11,13H2,1H3,(H,30,35)(H,31,34,36)/b32-21+. The number of carbonyl (C=O) groups excluding carboxylic acids is 5. The van der Waals surface area contributed by atoms with Gasteiger partial charge in [0.2, 0.25) is 18.1 Å². The van der Waals surface area contributed by atoms with Crippen LogP contribution in [0.3, 0.4) is 0 Å². The topological polar surface area (TPSA) is 143 Å². The number of oxime groups is 1. The molecule has 3 aliphatic rings.